The number of benzene rings is 2. The largest absolute Gasteiger partial charge is 0.495 e. The molecule has 1 atom stereocenters. The molecule has 0 fully saturated rings. The first-order chi connectivity index (χ1) is 11.4. The lowest BCUT2D eigenvalue weighted by molar-refractivity contribution is -0.120. The Hall–Kier alpha value is -2.11. The van der Waals surface area contributed by atoms with Gasteiger partial charge in [-0.3, -0.25) is 9.69 Å². The zero-order chi connectivity index (χ0) is 17.7. The predicted molar refractivity (Wildman–Crippen MR) is 94.0 cm³/mol. The van der Waals surface area contributed by atoms with E-state index in [0.29, 0.717) is 28.6 Å². The summed E-state index contributed by atoms with van der Waals surface area (Å²) < 4.78 is 19.0. The molecule has 1 amide bonds. The van der Waals surface area contributed by atoms with Gasteiger partial charge in [0.05, 0.1) is 18.8 Å². The van der Waals surface area contributed by atoms with Crippen LogP contribution < -0.4 is 10.1 Å². The van der Waals surface area contributed by atoms with Gasteiger partial charge in [-0.1, -0.05) is 29.8 Å². The van der Waals surface area contributed by atoms with Gasteiger partial charge in [-0.2, -0.15) is 0 Å². The third kappa shape index (κ3) is 4.46. The minimum Gasteiger partial charge on any atom is -0.495 e. The molecule has 1 N–H and O–H groups in total. The van der Waals surface area contributed by atoms with Crippen LogP contribution in [0.3, 0.4) is 0 Å². The number of halogens is 2. The molecular formula is C18H20ClFN2O2. The Balaban J connectivity index is 2.06. The second kappa shape index (κ2) is 8.13. The molecule has 0 unspecified atom stereocenters. The van der Waals surface area contributed by atoms with Crippen molar-refractivity contribution in [1.82, 2.24) is 4.90 Å². The Morgan fingerprint density at radius 2 is 2.04 bits per heavy atom. The number of hydrogen-bond donors (Lipinski definition) is 1. The Morgan fingerprint density at radius 1 is 1.33 bits per heavy atom. The van der Waals surface area contributed by atoms with Gasteiger partial charge in [-0.25, -0.2) is 4.39 Å². The Bertz CT molecular complexity index is 724. The van der Waals surface area contributed by atoms with Crippen LogP contribution in [0.2, 0.25) is 5.02 Å². The minimum absolute atomic E-state index is 0.227. The summed E-state index contributed by atoms with van der Waals surface area (Å²) in [5, 5.41) is 3.30. The molecule has 4 nitrogen and oxygen atoms in total. The molecule has 2 rings (SSSR count). The molecule has 6 heteroatoms. The topological polar surface area (TPSA) is 41.6 Å². The number of nitrogens with one attached hydrogen (secondary N) is 1. The van der Waals surface area contributed by atoms with Crippen LogP contribution in [0.1, 0.15) is 12.5 Å². The first kappa shape index (κ1) is 18.2. The average Bonchev–Trinajstić information content (AvgIpc) is 2.56. The van der Waals surface area contributed by atoms with E-state index in [2.05, 4.69) is 5.32 Å². The zero-order valence-corrected chi connectivity index (χ0v) is 14.6. The van der Waals surface area contributed by atoms with E-state index in [0.717, 1.165) is 0 Å². The molecule has 0 aliphatic heterocycles. The molecule has 2 aromatic carbocycles. The number of anilines is 1. The van der Waals surface area contributed by atoms with E-state index in [4.69, 9.17) is 16.3 Å². The van der Waals surface area contributed by atoms with Crippen molar-refractivity contribution in [3.63, 3.8) is 0 Å². The van der Waals surface area contributed by atoms with Crippen molar-refractivity contribution in [3.8, 4) is 5.75 Å². The summed E-state index contributed by atoms with van der Waals surface area (Å²) in [6, 6.07) is 11.1. The van der Waals surface area contributed by atoms with Crippen LogP contribution in [-0.2, 0) is 11.3 Å². The molecule has 0 aliphatic rings. The van der Waals surface area contributed by atoms with Crippen molar-refractivity contribution in [2.45, 2.75) is 19.5 Å². The summed E-state index contributed by atoms with van der Waals surface area (Å²) in [5.41, 5.74) is 1.04. The number of hydrogen-bond acceptors (Lipinski definition) is 3. The fourth-order valence-corrected chi connectivity index (χ4v) is 2.42. The number of nitrogens with zero attached hydrogens (tertiary/aromatic N) is 1. The maximum Gasteiger partial charge on any atom is 0.241 e. The summed E-state index contributed by atoms with van der Waals surface area (Å²) >= 11 is 5.97. The van der Waals surface area contributed by atoms with E-state index in [1.165, 1.54) is 13.2 Å². The standard InChI is InChI=1S/C18H20ClFN2O2/c1-12(22(2)11-13-6-4-5-7-15(13)20)18(23)21-16-10-14(19)8-9-17(16)24-3/h4-10,12H,11H2,1-3H3,(H,21,23)/t12-/m1/s1. The predicted octanol–water partition coefficient (Wildman–Crippen LogP) is 3.95. The molecule has 0 saturated heterocycles. The fourth-order valence-electron chi connectivity index (χ4n) is 2.25. The summed E-state index contributed by atoms with van der Waals surface area (Å²) in [6.45, 7) is 2.08. The first-order valence-corrected chi connectivity index (χ1v) is 7.88. The van der Waals surface area contributed by atoms with Gasteiger partial charge in [0, 0.05) is 17.1 Å². The smallest absolute Gasteiger partial charge is 0.241 e. The number of carbonyl (C=O) groups is 1. The normalized spacial score (nSPS) is 12.1. The van der Waals surface area contributed by atoms with Gasteiger partial charge in [0.15, 0.2) is 0 Å². The monoisotopic (exact) mass is 350 g/mol. The average molecular weight is 351 g/mol. The Labute approximate surface area is 146 Å². The van der Waals surface area contributed by atoms with Gasteiger partial charge in [-0.05, 0) is 38.2 Å². The second-order valence-electron chi connectivity index (χ2n) is 5.52. The highest BCUT2D eigenvalue weighted by Gasteiger charge is 2.20. The van der Waals surface area contributed by atoms with Gasteiger partial charge in [0.25, 0.3) is 0 Å². The highest BCUT2D eigenvalue weighted by Crippen LogP contribution is 2.28. The van der Waals surface area contributed by atoms with Crippen LogP contribution in [0.4, 0.5) is 10.1 Å². The zero-order valence-electron chi connectivity index (χ0n) is 13.8. The van der Waals surface area contributed by atoms with E-state index in [-0.39, 0.29) is 11.7 Å². The highest BCUT2D eigenvalue weighted by molar-refractivity contribution is 6.31. The molecule has 0 heterocycles. The maximum absolute atomic E-state index is 13.7. The summed E-state index contributed by atoms with van der Waals surface area (Å²) in [5.74, 6) is 0.0135. The molecule has 0 saturated carbocycles. The molecule has 24 heavy (non-hydrogen) atoms. The van der Waals surface area contributed by atoms with Crippen molar-refractivity contribution < 1.29 is 13.9 Å². The van der Waals surface area contributed by atoms with Crippen LogP contribution >= 0.6 is 11.6 Å². The number of ether oxygens (including phenoxy) is 1. The summed E-state index contributed by atoms with van der Waals surface area (Å²) in [6.07, 6.45) is 0. The van der Waals surface area contributed by atoms with E-state index in [9.17, 15) is 9.18 Å². The van der Waals surface area contributed by atoms with Crippen LogP contribution in [0.25, 0.3) is 0 Å². The SMILES string of the molecule is COc1ccc(Cl)cc1NC(=O)[C@@H](C)N(C)Cc1ccccc1F. The second-order valence-corrected chi connectivity index (χ2v) is 5.95. The van der Waals surface area contributed by atoms with Crippen LogP contribution in [0.5, 0.6) is 5.75 Å². The quantitative estimate of drug-likeness (QED) is 0.857. The van der Waals surface area contributed by atoms with Gasteiger partial charge in [0.2, 0.25) is 5.91 Å². The van der Waals surface area contributed by atoms with Gasteiger partial charge in [-0.15, -0.1) is 0 Å². The van der Waals surface area contributed by atoms with Crippen molar-refractivity contribution >= 4 is 23.2 Å². The van der Waals surface area contributed by atoms with Gasteiger partial charge in [0.1, 0.15) is 11.6 Å². The van der Waals surface area contributed by atoms with E-state index in [1.54, 1.807) is 55.3 Å². The van der Waals surface area contributed by atoms with Crippen molar-refractivity contribution in [2.75, 3.05) is 19.5 Å². The number of likely N-dealkylation sites (N-methyl/N-ethyl adjacent to an activating group) is 1. The van der Waals surface area contributed by atoms with Crippen molar-refractivity contribution in [1.29, 1.82) is 0 Å². The number of amides is 1. The number of methoxy groups -OCH3 is 1. The van der Waals surface area contributed by atoms with Crippen LogP contribution in [0, 0.1) is 5.82 Å². The number of carbonyl (C=O) groups excluding carboxylic acids is 1. The summed E-state index contributed by atoms with van der Waals surface area (Å²) in [7, 11) is 3.29. The minimum atomic E-state index is -0.465. The Morgan fingerprint density at radius 3 is 2.71 bits per heavy atom. The molecular weight excluding hydrogens is 331 g/mol. The fraction of sp³-hybridized carbons (Fsp3) is 0.278. The lowest BCUT2D eigenvalue weighted by Gasteiger charge is -2.24. The van der Waals surface area contributed by atoms with Crippen LogP contribution in [-0.4, -0.2) is 31.0 Å². The van der Waals surface area contributed by atoms with Crippen LogP contribution in [0.15, 0.2) is 42.5 Å². The van der Waals surface area contributed by atoms with Crippen molar-refractivity contribution in [2.24, 2.45) is 0 Å². The van der Waals surface area contributed by atoms with E-state index in [1.807, 2.05) is 0 Å². The maximum atomic E-state index is 13.7. The molecule has 2 aromatic rings. The third-order valence-corrected chi connectivity index (χ3v) is 4.07. The molecule has 0 aromatic heterocycles. The third-order valence-electron chi connectivity index (χ3n) is 3.84. The lowest BCUT2D eigenvalue weighted by Crippen LogP contribution is -2.39. The van der Waals surface area contributed by atoms with E-state index >= 15 is 0 Å². The van der Waals surface area contributed by atoms with Crippen molar-refractivity contribution in [3.05, 3.63) is 58.9 Å². The number of rotatable bonds is 6. The molecule has 0 bridgehead atoms. The Kier molecular flexibility index (Phi) is 6.17. The highest BCUT2D eigenvalue weighted by atomic mass is 35.5. The van der Waals surface area contributed by atoms with Gasteiger partial charge < -0.3 is 10.1 Å². The molecule has 0 radical (unpaired) electrons. The first-order valence-electron chi connectivity index (χ1n) is 7.50. The van der Waals surface area contributed by atoms with E-state index < -0.39 is 6.04 Å². The molecule has 0 spiro atoms. The molecule has 128 valence electrons. The lowest BCUT2D eigenvalue weighted by atomic mass is 10.1. The molecule has 0 aliphatic carbocycles. The summed E-state index contributed by atoms with van der Waals surface area (Å²) in [4.78, 5) is 14.2. The van der Waals surface area contributed by atoms with Gasteiger partial charge >= 0.3 is 0 Å².